The van der Waals surface area contributed by atoms with E-state index >= 15 is 0 Å². The van der Waals surface area contributed by atoms with Crippen molar-refractivity contribution in [2.45, 2.75) is 57.0 Å². The molecule has 1 aliphatic carbocycles. The van der Waals surface area contributed by atoms with Crippen molar-refractivity contribution in [3.63, 3.8) is 0 Å². The third kappa shape index (κ3) is 5.98. The molecule has 4 rings (SSSR count). The molecule has 0 N–H and O–H groups in total. The number of rotatable bonds is 5. The monoisotopic (exact) mass is 434 g/mol. The number of hydrogen-bond donors (Lipinski definition) is 0. The highest BCUT2D eigenvalue weighted by Gasteiger charge is 2.32. The Labute approximate surface area is 189 Å². The Morgan fingerprint density at radius 1 is 0.690 bits per heavy atom. The molecule has 0 radical (unpaired) electrons. The second kappa shape index (κ2) is 12.0. The van der Waals surface area contributed by atoms with Crippen LogP contribution in [0.1, 0.15) is 62.1 Å². The van der Waals surface area contributed by atoms with Crippen LogP contribution in [0.15, 0.2) is 60.7 Å². The highest BCUT2D eigenvalue weighted by molar-refractivity contribution is 5.85. The van der Waals surface area contributed by atoms with E-state index in [1.165, 1.54) is 69.4 Å². The first-order valence-corrected chi connectivity index (χ1v) is 10.9. The van der Waals surface area contributed by atoms with Gasteiger partial charge in [0.05, 0.1) is 0 Å². The second-order valence-corrected chi connectivity index (χ2v) is 8.42. The van der Waals surface area contributed by atoms with Gasteiger partial charge in [-0.25, -0.2) is 0 Å². The third-order valence-electron chi connectivity index (χ3n) is 6.77. The molecule has 2 aliphatic rings. The van der Waals surface area contributed by atoms with Gasteiger partial charge >= 0.3 is 0 Å². The zero-order valence-electron chi connectivity index (χ0n) is 17.6. The quantitative estimate of drug-likeness (QED) is 0.542. The van der Waals surface area contributed by atoms with Crippen LogP contribution in [-0.2, 0) is 0 Å². The van der Waals surface area contributed by atoms with Gasteiger partial charge in [0.15, 0.2) is 0 Å². The summed E-state index contributed by atoms with van der Waals surface area (Å²) in [5, 5.41) is 0. The predicted octanol–water partition coefficient (Wildman–Crippen LogP) is 6.33. The summed E-state index contributed by atoms with van der Waals surface area (Å²) in [6.45, 7) is 7.24. The molecule has 2 aromatic rings. The molecule has 1 saturated heterocycles. The standard InChI is InChI=1S/C25H34N2.2ClH/c1-21(22-11-5-2-6-12-22)25(23-13-7-3-8-14-23)27-19-17-26(18-20-27)24-15-9-4-10-16-24;;/h2-3,5-8,11-14,21,24-25H,4,9-10,15-20H2,1H3;2*1H. The fourth-order valence-electron chi connectivity index (χ4n) is 5.23. The number of hydrogen-bond acceptors (Lipinski definition) is 2. The molecule has 2 fully saturated rings. The van der Waals surface area contributed by atoms with Gasteiger partial charge in [-0.15, -0.1) is 24.8 Å². The van der Waals surface area contributed by atoms with Gasteiger partial charge in [0.25, 0.3) is 0 Å². The lowest BCUT2D eigenvalue weighted by molar-refractivity contribution is 0.0500. The van der Waals surface area contributed by atoms with Crippen molar-refractivity contribution in [3.05, 3.63) is 71.8 Å². The molecule has 29 heavy (non-hydrogen) atoms. The molecule has 1 saturated carbocycles. The van der Waals surface area contributed by atoms with Crippen molar-refractivity contribution in [2.24, 2.45) is 0 Å². The highest BCUT2D eigenvalue weighted by atomic mass is 35.5. The molecule has 2 nitrogen and oxygen atoms in total. The Balaban J connectivity index is 0.00000150. The first kappa shape index (κ1) is 24.2. The average molecular weight is 435 g/mol. The van der Waals surface area contributed by atoms with Gasteiger partial charge in [-0.3, -0.25) is 9.80 Å². The first-order valence-electron chi connectivity index (χ1n) is 10.9. The second-order valence-electron chi connectivity index (χ2n) is 8.42. The molecule has 0 amide bonds. The number of nitrogens with zero attached hydrogens (tertiary/aromatic N) is 2. The molecule has 2 unspecified atom stereocenters. The van der Waals surface area contributed by atoms with E-state index in [9.17, 15) is 0 Å². The average Bonchev–Trinajstić information content (AvgIpc) is 2.76. The fraction of sp³-hybridized carbons (Fsp3) is 0.520. The van der Waals surface area contributed by atoms with Gasteiger partial charge in [-0.05, 0) is 24.0 Å². The van der Waals surface area contributed by atoms with Crippen molar-refractivity contribution < 1.29 is 0 Å². The van der Waals surface area contributed by atoms with E-state index in [2.05, 4.69) is 77.4 Å². The SMILES string of the molecule is CC(c1ccccc1)C(c1ccccc1)N1CCN(C2CCCCC2)CC1.Cl.Cl. The minimum Gasteiger partial charge on any atom is -0.298 e. The summed E-state index contributed by atoms with van der Waals surface area (Å²) in [4.78, 5) is 5.53. The lowest BCUT2D eigenvalue weighted by atomic mass is 9.86. The summed E-state index contributed by atoms with van der Waals surface area (Å²) in [5.74, 6) is 0.495. The van der Waals surface area contributed by atoms with Crippen LogP contribution in [0.4, 0.5) is 0 Å². The van der Waals surface area contributed by atoms with E-state index in [1.54, 1.807) is 0 Å². The zero-order chi connectivity index (χ0) is 18.5. The summed E-state index contributed by atoms with van der Waals surface area (Å²) >= 11 is 0. The molecular formula is C25H36Cl2N2. The molecular weight excluding hydrogens is 399 g/mol. The molecule has 4 heteroatoms. The summed E-state index contributed by atoms with van der Waals surface area (Å²) in [6, 6.07) is 23.5. The minimum atomic E-state index is 0. The van der Waals surface area contributed by atoms with E-state index in [-0.39, 0.29) is 24.8 Å². The Hall–Kier alpha value is -1.06. The Morgan fingerprint density at radius 2 is 1.21 bits per heavy atom. The number of halogens is 2. The number of piperazine rings is 1. The van der Waals surface area contributed by atoms with Crippen LogP contribution in [0.3, 0.4) is 0 Å². The minimum absolute atomic E-state index is 0. The topological polar surface area (TPSA) is 6.48 Å². The van der Waals surface area contributed by atoms with Crippen LogP contribution >= 0.6 is 24.8 Å². The molecule has 0 spiro atoms. The Morgan fingerprint density at radius 3 is 1.76 bits per heavy atom. The summed E-state index contributed by atoms with van der Waals surface area (Å²) < 4.78 is 0. The van der Waals surface area contributed by atoms with Gasteiger partial charge < -0.3 is 0 Å². The van der Waals surface area contributed by atoms with Crippen LogP contribution < -0.4 is 0 Å². The van der Waals surface area contributed by atoms with Gasteiger partial charge in [0, 0.05) is 44.2 Å². The normalized spacial score (nSPS) is 20.9. The van der Waals surface area contributed by atoms with Crippen molar-refractivity contribution in [3.8, 4) is 0 Å². The number of benzene rings is 2. The van der Waals surface area contributed by atoms with Gasteiger partial charge in [0.1, 0.15) is 0 Å². The van der Waals surface area contributed by atoms with E-state index in [0.717, 1.165) is 6.04 Å². The highest BCUT2D eigenvalue weighted by Crippen LogP contribution is 2.36. The molecule has 1 aliphatic heterocycles. The van der Waals surface area contributed by atoms with Crippen LogP contribution in [0.5, 0.6) is 0 Å². The van der Waals surface area contributed by atoms with E-state index in [0.29, 0.717) is 12.0 Å². The fourth-order valence-corrected chi connectivity index (χ4v) is 5.23. The van der Waals surface area contributed by atoms with Crippen LogP contribution in [-0.4, -0.2) is 42.0 Å². The van der Waals surface area contributed by atoms with Crippen molar-refractivity contribution in [1.29, 1.82) is 0 Å². The zero-order valence-corrected chi connectivity index (χ0v) is 19.2. The maximum Gasteiger partial charge on any atom is 0.0415 e. The predicted molar refractivity (Wildman–Crippen MR) is 129 cm³/mol. The van der Waals surface area contributed by atoms with Crippen molar-refractivity contribution in [1.82, 2.24) is 9.80 Å². The Kier molecular flexibility index (Phi) is 9.98. The first-order chi connectivity index (χ1) is 13.3. The van der Waals surface area contributed by atoms with Gasteiger partial charge in [0.2, 0.25) is 0 Å². The summed E-state index contributed by atoms with van der Waals surface area (Å²) in [7, 11) is 0. The molecule has 0 bridgehead atoms. The largest absolute Gasteiger partial charge is 0.298 e. The molecule has 2 atom stereocenters. The van der Waals surface area contributed by atoms with E-state index in [4.69, 9.17) is 0 Å². The molecule has 1 heterocycles. The van der Waals surface area contributed by atoms with Crippen LogP contribution in [0, 0.1) is 0 Å². The maximum atomic E-state index is 2.78. The summed E-state index contributed by atoms with van der Waals surface area (Å²) in [6.07, 6.45) is 7.15. The Bertz CT molecular complexity index is 680. The molecule has 160 valence electrons. The van der Waals surface area contributed by atoms with Gasteiger partial charge in [-0.2, -0.15) is 0 Å². The van der Waals surface area contributed by atoms with Crippen LogP contribution in [0.2, 0.25) is 0 Å². The third-order valence-corrected chi connectivity index (χ3v) is 6.77. The smallest absolute Gasteiger partial charge is 0.0415 e. The van der Waals surface area contributed by atoms with E-state index in [1.807, 2.05) is 0 Å². The summed E-state index contributed by atoms with van der Waals surface area (Å²) in [5.41, 5.74) is 2.90. The lowest BCUT2D eigenvalue weighted by Crippen LogP contribution is -2.52. The van der Waals surface area contributed by atoms with Gasteiger partial charge in [-0.1, -0.05) is 86.8 Å². The van der Waals surface area contributed by atoms with Crippen molar-refractivity contribution in [2.75, 3.05) is 26.2 Å². The van der Waals surface area contributed by atoms with Crippen LogP contribution in [0.25, 0.3) is 0 Å². The lowest BCUT2D eigenvalue weighted by Gasteiger charge is -2.45. The van der Waals surface area contributed by atoms with E-state index < -0.39 is 0 Å². The molecule has 0 aromatic heterocycles. The molecule has 2 aromatic carbocycles. The van der Waals surface area contributed by atoms with Crippen molar-refractivity contribution >= 4 is 24.8 Å². The maximum absolute atomic E-state index is 2.78.